The molecule has 1 N–H and O–H groups in total. The number of morpholine rings is 1. The monoisotopic (exact) mass is 257 g/mol. The zero-order valence-electron chi connectivity index (χ0n) is 12.6. The third-order valence-electron chi connectivity index (χ3n) is 3.58. The van der Waals surface area contributed by atoms with E-state index in [2.05, 4.69) is 42.9 Å². The molecule has 1 rings (SSSR count). The summed E-state index contributed by atoms with van der Waals surface area (Å²) in [5, 5.41) is 3.46. The van der Waals surface area contributed by atoms with Crippen molar-refractivity contribution >= 4 is 0 Å². The molecule has 1 fully saturated rings. The second kappa shape index (κ2) is 8.86. The van der Waals surface area contributed by atoms with Crippen molar-refractivity contribution in [3.05, 3.63) is 0 Å². The molecular weight excluding hydrogens is 226 g/mol. The molecule has 108 valence electrons. The summed E-state index contributed by atoms with van der Waals surface area (Å²) < 4.78 is 5.83. The zero-order chi connectivity index (χ0) is 13.4. The van der Waals surface area contributed by atoms with Crippen LogP contribution in [0.2, 0.25) is 0 Å². The van der Waals surface area contributed by atoms with Gasteiger partial charge in [-0.25, -0.2) is 0 Å². The molecule has 1 heterocycles. The van der Waals surface area contributed by atoms with Crippen LogP contribution in [0.4, 0.5) is 0 Å². The van der Waals surface area contributed by atoms with Gasteiger partial charge in [0.15, 0.2) is 0 Å². The molecule has 1 saturated heterocycles. The van der Waals surface area contributed by atoms with E-state index >= 15 is 0 Å². The molecule has 0 radical (unpaired) electrons. The Labute approximate surface area is 113 Å². The quantitative estimate of drug-likeness (QED) is 0.703. The van der Waals surface area contributed by atoms with E-state index in [1.54, 1.807) is 0 Å². The van der Waals surface area contributed by atoms with Gasteiger partial charge in [0.25, 0.3) is 0 Å². The molecule has 0 aromatic heterocycles. The van der Waals surface area contributed by atoms with Gasteiger partial charge in [-0.2, -0.15) is 0 Å². The van der Waals surface area contributed by atoms with Gasteiger partial charge in [0.05, 0.1) is 12.7 Å². The highest BCUT2D eigenvalue weighted by Gasteiger charge is 2.19. The molecule has 18 heavy (non-hydrogen) atoms. The fourth-order valence-electron chi connectivity index (χ4n) is 2.16. The summed E-state index contributed by atoms with van der Waals surface area (Å²) in [5.74, 6) is 0. The van der Waals surface area contributed by atoms with Crippen molar-refractivity contribution in [2.24, 2.45) is 0 Å². The van der Waals surface area contributed by atoms with Crippen LogP contribution in [0.25, 0.3) is 0 Å². The van der Waals surface area contributed by atoms with E-state index in [0.717, 1.165) is 45.8 Å². The fourth-order valence-corrected chi connectivity index (χ4v) is 2.16. The number of hydrogen-bond acceptors (Lipinski definition) is 4. The van der Waals surface area contributed by atoms with Gasteiger partial charge in [0.2, 0.25) is 0 Å². The molecule has 0 unspecified atom stereocenters. The lowest BCUT2D eigenvalue weighted by Gasteiger charge is -2.34. The SMILES string of the molecule is CCN(C)CCN1CCO[C@H](CCNC(C)C)C1. The predicted molar refractivity (Wildman–Crippen MR) is 77.1 cm³/mol. The molecule has 4 heteroatoms. The number of ether oxygens (including phenoxy) is 1. The number of nitrogens with zero attached hydrogens (tertiary/aromatic N) is 2. The van der Waals surface area contributed by atoms with Crippen molar-refractivity contribution in [1.82, 2.24) is 15.1 Å². The second-order valence-electron chi connectivity index (χ2n) is 5.59. The Morgan fingerprint density at radius 3 is 2.89 bits per heavy atom. The first-order valence-electron chi connectivity index (χ1n) is 7.37. The van der Waals surface area contributed by atoms with Crippen molar-refractivity contribution in [3.63, 3.8) is 0 Å². The summed E-state index contributed by atoms with van der Waals surface area (Å²) in [6.07, 6.45) is 1.54. The van der Waals surface area contributed by atoms with Crippen molar-refractivity contribution in [2.75, 3.05) is 52.9 Å². The molecule has 0 saturated carbocycles. The van der Waals surface area contributed by atoms with Gasteiger partial charge in [-0.15, -0.1) is 0 Å². The van der Waals surface area contributed by atoms with Crippen LogP contribution in [0.15, 0.2) is 0 Å². The van der Waals surface area contributed by atoms with E-state index in [0.29, 0.717) is 12.1 Å². The summed E-state index contributed by atoms with van der Waals surface area (Å²) in [7, 11) is 2.19. The summed E-state index contributed by atoms with van der Waals surface area (Å²) in [5.41, 5.74) is 0. The highest BCUT2D eigenvalue weighted by Crippen LogP contribution is 2.08. The van der Waals surface area contributed by atoms with Crippen molar-refractivity contribution in [1.29, 1.82) is 0 Å². The molecule has 0 aromatic carbocycles. The summed E-state index contributed by atoms with van der Waals surface area (Å²) >= 11 is 0. The molecule has 1 atom stereocenters. The van der Waals surface area contributed by atoms with Crippen molar-refractivity contribution < 1.29 is 4.74 Å². The molecule has 0 spiro atoms. The standard InChI is InChI=1S/C14H31N3O/c1-5-16(4)8-9-17-10-11-18-14(12-17)6-7-15-13(2)3/h13-15H,5-12H2,1-4H3/t14-/m1/s1. The minimum Gasteiger partial charge on any atom is -0.376 e. The average Bonchev–Trinajstić information content (AvgIpc) is 2.36. The molecule has 0 aromatic rings. The highest BCUT2D eigenvalue weighted by molar-refractivity contribution is 4.73. The Kier molecular flexibility index (Phi) is 7.82. The molecular formula is C14H31N3O. The first-order valence-corrected chi connectivity index (χ1v) is 7.37. The normalized spacial score (nSPS) is 22.0. The maximum Gasteiger partial charge on any atom is 0.0714 e. The van der Waals surface area contributed by atoms with Gasteiger partial charge in [-0.1, -0.05) is 20.8 Å². The van der Waals surface area contributed by atoms with E-state index in [-0.39, 0.29) is 0 Å². The van der Waals surface area contributed by atoms with Gasteiger partial charge in [-0.3, -0.25) is 4.90 Å². The molecule has 4 nitrogen and oxygen atoms in total. The number of hydrogen-bond donors (Lipinski definition) is 1. The van der Waals surface area contributed by atoms with E-state index in [9.17, 15) is 0 Å². The lowest BCUT2D eigenvalue weighted by Crippen LogP contribution is -2.46. The molecule has 1 aliphatic rings. The summed E-state index contributed by atoms with van der Waals surface area (Å²) in [4.78, 5) is 4.90. The topological polar surface area (TPSA) is 27.7 Å². The van der Waals surface area contributed by atoms with Gasteiger partial charge >= 0.3 is 0 Å². The van der Waals surface area contributed by atoms with Crippen molar-refractivity contribution in [3.8, 4) is 0 Å². The van der Waals surface area contributed by atoms with Crippen LogP contribution in [0.5, 0.6) is 0 Å². The van der Waals surface area contributed by atoms with E-state index in [1.165, 1.54) is 6.54 Å². The maximum absolute atomic E-state index is 5.83. The smallest absolute Gasteiger partial charge is 0.0714 e. The third-order valence-corrected chi connectivity index (χ3v) is 3.58. The first-order chi connectivity index (χ1) is 8.61. The minimum absolute atomic E-state index is 0.414. The van der Waals surface area contributed by atoms with Crippen LogP contribution >= 0.6 is 0 Å². The Bertz CT molecular complexity index is 211. The third kappa shape index (κ3) is 6.69. The van der Waals surface area contributed by atoms with Gasteiger partial charge in [-0.05, 0) is 26.6 Å². The summed E-state index contributed by atoms with van der Waals surface area (Å²) in [6.45, 7) is 14.2. The van der Waals surface area contributed by atoms with E-state index in [4.69, 9.17) is 4.74 Å². The highest BCUT2D eigenvalue weighted by atomic mass is 16.5. The molecule has 0 bridgehead atoms. The maximum atomic E-state index is 5.83. The Hall–Kier alpha value is -0.160. The molecule has 0 amide bonds. The van der Waals surface area contributed by atoms with Crippen LogP contribution in [0.3, 0.4) is 0 Å². The van der Waals surface area contributed by atoms with Crippen LogP contribution < -0.4 is 5.32 Å². The summed E-state index contributed by atoms with van der Waals surface area (Å²) in [6, 6.07) is 0.572. The van der Waals surface area contributed by atoms with Crippen molar-refractivity contribution in [2.45, 2.75) is 39.3 Å². The van der Waals surface area contributed by atoms with E-state index in [1.807, 2.05) is 0 Å². The number of rotatable bonds is 8. The van der Waals surface area contributed by atoms with Gasteiger partial charge in [0, 0.05) is 32.2 Å². The Morgan fingerprint density at radius 2 is 2.22 bits per heavy atom. The average molecular weight is 257 g/mol. The largest absolute Gasteiger partial charge is 0.376 e. The van der Waals surface area contributed by atoms with Gasteiger partial charge in [0.1, 0.15) is 0 Å². The lowest BCUT2D eigenvalue weighted by molar-refractivity contribution is -0.0332. The molecule has 1 aliphatic heterocycles. The van der Waals surface area contributed by atoms with Crippen LogP contribution in [-0.2, 0) is 4.74 Å². The lowest BCUT2D eigenvalue weighted by atomic mass is 10.2. The Balaban J connectivity index is 2.15. The zero-order valence-corrected chi connectivity index (χ0v) is 12.6. The van der Waals surface area contributed by atoms with Crippen LogP contribution in [0.1, 0.15) is 27.2 Å². The fraction of sp³-hybridized carbons (Fsp3) is 1.00. The van der Waals surface area contributed by atoms with Crippen LogP contribution in [-0.4, -0.2) is 74.9 Å². The Morgan fingerprint density at radius 1 is 1.44 bits per heavy atom. The predicted octanol–water partition coefficient (Wildman–Crippen LogP) is 1.03. The van der Waals surface area contributed by atoms with Crippen LogP contribution in [0, 0.1) is 0 Å². The van der Waals surface area contributed by atoms with Gasteiger partial charge < -0.3 is 15.0 Å². The van der Waals surface area contributed by atoms with E-state index < -0.39 is 0 Å². The molecule has 0 aliphatic carbocycles. The minimum atomic E-state index is 0.414. The first kappa shape index (κ1) is 15.9. The number of nitrogens with one attached hydrogen (secondary N) is 1. The second-order valence-corrected chi connectivity index (χ2v) is 5.59. The number of likely N-dealkylation sites (N-methyl/N-ethyl adjacent to an activating group) is 1.